The molecule has 0 aromatic heterocycles. The van der Waals surface area contributed by atoms with Crippen LogP contribution in [0.5, 0.6) is 0 Å². The van der Waals surface area contributed by atoms with Crippen LogP contribution in [0, 0.1) is 0 Å². The molecule has 2 nitrogen and oxygen atoms in total. The highest BCUT2D eigenvalue weighted by Gasteiger charge is 1.88. The molecule has 4 heteroatoms. The van der Waals surface area contributed by atoms with Crippen molar-refractivity contribution >= 4 is 34.0 Å². The minimum Gasteiger partial charge on any atom is -0.483 e. The summed E-state index contributed by atoms with van der Waals surface area (Å²) in [7, 11) is 0. The van der Waals surface area contributed by atoms with E-state index in [0.29, 0.717) is 0 Å². The molecule has 0 radical (unpaired) electrons. The van der Waals surface area contributed by atoms with Crippen molar-refractivity contribution < 1.29 is 9.90 Å². The molecule has 1 rings (SSSR count). The molecule has 1 aromatic rings. The summed E-state index contributed by atoms with van der Waals surface area (Å²) < 4.78 is 0.946. The summed E-state index contributed by atoms with van der Waals surface area (Å²) in [6.45, 7) is -0.250. The highest BCUT2D eigenvalue weighted by molar-refractivity contribution is 9.10. The van der Waals surface area contributed by atoms with Crippen molar-refractivity contribution in [1.29, 1.82) is 0 Å². The van der Waals surface area contributed by atoms with Crippen LogP contribution in [0.25, 0.3) is 0 Å². The lowest BCUT2D eigenvalue weighted by Gasteiger charge is -1.88. The molecule has 0 amide bonds. The zero-order valence-electron chi connectivity index (χ0n) is 5.50. The summed E-state index contributed by atoms with van der Waals surface area (Å²) >= 11 is 8.93. The average molecular weight is 237 g/mol. The maximum atomic E-state index is 8.36. The first kappa shape index (κ1) is 10.5. The number of rotatable bonds is 0. The number of benzene rings is 1. The summed E-state index contributed by atoms with van der Waals surface area (Å²) in [5, 5.41) is 7.65. The lowest BCUT2D eigenvalue weighted by Crippen LogP contribution is -1.62. The van der Waals surface area contributed by atoms with Crippen LogP contribution in [-0.4, -0.2) is 11.6 Å². The molecular formula is C7H6BrClO2. The van der Waals surface area contributed by atoms with E-state index in [4.69, 9.17) is 21.5 Å². The maximum absolute atomic E-state index is 8.36. The van der Waals surface area contributed by atoms with Gasteiger partial charge in [-0.05, 0) is 28.1 Å². The van der Waals surface area contributed by atoms with Crippen molar-refractivity contribution in [2.45, 2.75) is 0 Å². The van der Waals surface area contributed by atoms with Crippen LogP contribution in [0.1, 0.15) is 0 Å². The average Bonchev–Trinajstić information content (AvgIpc) is 1.97. The van der Waals surface area contributed by atoms with Crippen LogP contribution >= 0.6 is 27.5 Å². The summed E-state index contributed by atoms with van der Waals surface area (Å²) in [5.74, 6) is 0. The molecular weight excluding hydrogens is 231 g/mol. The monoisotopic (exact) mass is 236 g/mol. The minimum absolute atomic E-state index is 0.250. The van der Waals surface area contributed by atoms with Crippen molar-refractivity contribution in [3.63, 3.8) is 0 Å². The summed E-state index contributed by atoms with van der Waals surface area (Å²) in [5.41, 5.74) is 0. The Morgan fingerprint density at radius 3 is 2.18 bits per heavy atom. The van der Waals surface area contributed by atoms with E-state index in [9.17, 15) is 0 Å². The molecule has 0 unspecified atom stereocenters. The predicted molar refractivity (Wildman–Crippen MR) is 47.8 cm³/mol. The van der Waals surface area contributed by atoms with Gasteiger partial charge in [-0.25, -0.2) is 0 Å². The van der Waals surface area contributed by atoms with Gasteiger partial charge in [0, 0.05) is 4.47 Å². The minimum atomic E-state index is -0.250. The van der Waals surface area contributed by atoms with E-state index < -0.39 is 0 Å². The lowest BCUT2D eigenvalue weighted by molar-refractivity contribution is -0.122. The van der Waals surface area contributed by atoms with Crippen LogP contribution in [0.2, 0.25) is 5.02 Å². The van der Waals surface area contributed by atoms with Crippen molar-refractivity contribution in [3.8, 4) is 0 Å². The normalized spacial score (nSPS) is 7.82. The molecule has 0 spiro atoms. The zero-order chi connectivity index (χ0) is 8.69. The molecule has 0 bridgehead atoms. The first-order valence-corrected chi connectivity index (χ1v) is 3.87. The van der Waals surface area contributed by atoms with Gasteiger partial charge in [-0.3, -0.25) is 4.79 Å². The van der Waals surface area contributed by atoms with Crippen molar-refractivity contribution in [3.05, 3.63) is 33.8 Å². The summed E-state index contributed by atoms with van der Waals surface area (Å²) in [6, 6.07) is 7.57. The van der Waals surface area contributed by atoms with Gasteiger partial charge in [-0.15, -0.1) is 0 Å². The largest absolute Gasteiger partial charge is 0.483 e. The van der Waals surface area contributed by atoms with Crippen LogP contribution in [0.3, 0.4) is 0 Å². The van der Waals surface area contributed by atoms with Gasteiger partial charge in [0.1, 0.15) is 0 Å². The molecule has 0 fully saturated rings. The van der Waals surface area contributed by atoms with E-state index in [1.807, 2.05) is 24.3 Å². The second-order valence-corrected chi connectivity index (χ2v) is 2.78. The Morgan fingerprint density at radius 2 is 1.91 bits per heavy atom. The SMILES string of the molecule is Clc1ccccc1Br.O=CO. The molecule has 11 heavy (non-hydrogen) atoms. The van der Waals surface area contributed by atoms with Gasteiger partial charge < -0.3 is 5.11 Å². The van der Waals surface area contributed by atoms with Crippen LogP contribution in [0.4, 0.5) is 0 Å². The number of carboxylic acid groups (broad SMARTS) is 1. The first-order chi connectivity index (χ1) is 5.22. The van der Waals surface area contributed by atoms with Crippen LogP contribution < -0.4 is 0 Å². The highest BCUT2D eigenvalue weighted by atomic mass is 79.9. The molecule has 0 heterocycles. The fourth-order valence-electron chi connectivity index (χ4n) is 0.439. The fraction of sp³-hybridized carbons (Fsp3) is 0. The van der Waals surface area contributed by atoms with Crippen LogP contribution in [0.15, 0.2) is 28.7 Å². The van der Waals surface area contributed by atoms with E-state index in [-0.39, 0.29) is 6.47 Å². The third kappa shape index (κ3) is 4.81. The van der Waals surface area contributed by atoms with E-state index in [1.54, 1.807) is 0 Å². The number of carbonyl (C=O) groups is 1. The fourth-order valence-corrected chi connectivity index (χ4v) is 0.860. The molecule has 0 saturated heterocycles. The Hall–Kier alpha value is -0.540. The first-order valence-electron chi connectivity index (χ1n) is 2.70. The van der Waals surface area contributed by atoms with Crippen molar-refractivity contribution in [2.75, 3.05) is 0 Å². The molecule has 60 valence electrons. The van der Waals surface area contributed by atoms with Gasteiger partial charge in [0.05, 0.1) is 5.02 Å². The lowest BCUT2D eigenvalue weighted by atomic mass is 10.4. The van der Waals surface area contributed by atoms with E-state index >= 15 is 0 Å². The Labute approximate surface area is 77.9 Å². The Kier molecular flexibility index (Phi) is 5.88. The van der Waals surface area contributed by atoms with Gasteiger partial charge in [-0.1, -0.05) is 23.7 Å². The molecule has 0 atom stereocenters. The zero-order valence-corrected chi connectivity index (χ0v) is 7.84. The topological polar surface area (TPSA) is 37.3 Å². The second-order valence-electron chi connectivity index (χ2n) is 1.52. The molecule has 1 N–H and O–H groups in total. The third-order valence-corrected chi connectivity index (χ3v) is 2.07. The number of halogens is 2. The second kappa shape index (κ2) is 6.19. The standard InChI is InChI=1S/C6H4BrCl.CH2O2/c7-5-3-1-2-4-6(5)8;2-1-3/h1-4H;1H,(H,2,3). The van der Waals surface area contributed by atoms with E-state index in [1.165, 1.54) is 0 Å². The van der Waals surface area contributed by atoms with E-state index in [2.05, 4.69) is 15.9 Å². The maximum Gasteiger partial charge on any atom is 0.290 e. The third-order valence-electron chi connectivity index (χ3n) is 0.824. The molecule has 1 aromatic carbocycles. The number of hydrogen-bond donors (Lipinski definition) is 1. The van der Waals surface area contributed by atoms with Gasteiger partial charge in [0.15, 0.2) is 0 Å². The van der Waals surface area contributed by atoms with Crippen LogP contribution in [-0.2, 0) is 4.79 Å². The summed E-state index contributed by atoms with van der Waals surface area (Å²) in [4.78, 5) is 8.36. The smallest absolute Gasteiger partial charge is 0.290 e. The molecule has 0 aliphatic rings. The Balaban J connectivity index is 0.000000292. The Bertz CT molecular complexity index is 206. The Morgan fingerprint density at radius 1 is 1.45 bits per heavy atom. The van der Waals surface area contributed by atoms with Crippen molar-refractivity contribution in [2.24, 2.45) is 0 Å². The molecule has 0 saturated carbocycles. The predicted octanol–water partition coefficient (Wildman–Crippen LogP) is 2.80. The van der Waals surface area contributed by atoms with E-state index in [0.717, 1.165) is 9.50 Å². The van der Waals surface area contributed by atoms with Gasteiger partial charge in [-0.2, -0.15) is 0 Å². The molecule has 0 aliphatic heterocycles. The van der Waals surface area contributed by atoms with Gasteiger partial charge in [0.2, 0.25) is 0 Å². The number of hydrogen-bond acceptors (Lipinski definition) is 1. The van der Waals surface area contributed by atoms with Gasteiger partial charge in [0.25, 0.3) is 6.47 Å². The van der Waals surface area contributed by atoms with Crippen molar-refractivity contribution in [1.82, 2.24) is 0 Å². The quantitative estimate of drug-likeness (QED) is 0.705. The highest BCUT2D eigenvalue weighted by Crippen LogP contribution is 2.20. The summed E-state index contributed by atoms with van der Waals surface area (Å²) in [6.07, 6.45) is 0. The van der Waals surface area contributed by atoms with Gasteiger partial charge >= 0.3 is 0 Å². The molecule has 0 aliphatic carbocycles.